The topological polar surface area (TPSA) is 64.0 Å². The first-order valence-corrected chi connectivity index (χ1v) is 9.91. The molecule has 1 aliphatic heterocycles. The number of hydrogen-bond acceptors (Lipinski definition) is 3. The largest absolute Gasteiger partial charge is 0.310 e. The minimum Gasteiger partial charge on any atom is -0.310 e. The van der Waals surface area contributed by atoms with Gasteiger partial charge >= 0.3 is 0 Å². The maximum Gasteiger partial charge on any atom is 0.226 e. The second-order valence-electron chi connectivity index (χ2n) is 7.20. The Balaban J connectivity index is 1.82. The third kappa shape index (κ3) is 3.18. The number of aromatic nitrogens is 2. The summed E-state index contributed by atoms with van der Waals surface area (Å²) >= 11 is 3.39. The molecule has 3 aromatic rings. The Kier molecular flexibility index (Phi) is 4.67. The van der Waals surface area contributed by atoms with Gasteiger partial charge in [0.25, 0.3) is 0 Å². The average molecular weight is 438 g/mol. The molecule has 0 saturated carbocycles. The number of anilines is 1. The zero-order valence-electron chi connectivity index (χ0n) is 15.9. The molecular weight excluding hydrogens is 418 g/mol. The van der Waals surface area contributed by atoms with Gasteiger partial charge in [0.15, 0.2) is 5.78 Å². The number of hydrogen-bond donors (Lipinski definition) is 1. The lowest BCUT2D eigenvalue weighted by Crippen LogP contribution is -2.28. The van der Waals surface area contributed by atoms with Crippen molar-refractivity contribution in [1.29, 1.82) is 0 Å². The average Bonchev–Trinajstić information content (AvgIpc) is 3.00. The molecule has 0 bridgehead atoms. The molecule has 0 fully saturated rings. The molecule has 2 heterocycles. The van der Waals surface area contributed by atoms with Gasteiger partial charge in [0.1, 0.15) is 5.82 Å². The number of ketones is 1. The molecule has 1 atom stereocenters. The van der Waals surface area contributed by atoms with E-state index in [0.29, 0.717) is 11.4 Å². The predicted molar refractivity (Wildman–Crippen MR) is 112 cm³/mol. The van der Waals surface area contributed by atoms with E-state index in [1.165, 1.54) is 5.56 Å². The van der Waals surface area contributed by atoms with Gasteiger partial charge in [-0.2, -0.15) is 5.10 Å². The molecule has 6 heteroatoms. The lowest BCUT2D eigenvalue weighted by atomic mass is 9.85. The number of halogens is 1. The molecule has 0 aliphatic carbocycles. The van der Waals surface area contributed by atoms with E-state index in [-0.39, 0.29) is 18.1 Å². The highest BCUT2D eigenvalue weighted by Gasteiger charge is 2.36. The number of nitrogens with zero attached hydrogens (tertiary/aromatic N) is 2. The van der Waals surface area contributed by atoms with E-state index < -0.39 is 5.92 Å². The second-order valence-corrected chi connectivity index (χ2v) is 8.12. The second kappa shape index (κ2) is 7.02. The summed E-state index contributed by atoms with van der Waals surface area (Å²) in [6, 6.07) is 13.3. The third-order valence-corrected chi connectivity index (χ3v) is 5.81. The minimum absolute atomic E-state index is 0.0636. The number of carbonyl (C=O) groups excluding carboxylic acids is 2. The number of amides is 1. The van der Waals surface area contributed by atoms with E-state index >= 15 is 0 Å². The van der Waals surface area contributed by atoms with Crippen LogP contribution >= 0.6 is 15.9 Å². The number of Topliss-reactive ketones (excluding diaryl/α,β-unsaturated/α-hetero) is 1. The van der Waals surface area contributed by atoms with E-state index in [2.05, 4.69) is 33.3 Å². The summed E-state index contributed by atoms with van der Waals surface area (Å²) in [5, 5.41) is 7.58. The fourth-order valence-corrected chi connectivity index (χ4v) is 3.89. The monoisotopic (exact) mass is 437 g/mol. The molecule has 142 valence electrons. The highest BCUT2D eigenvalue weighted by molar-refractivity contribution is 9.10. The smallest absolute Gasteiger partial charge is 0.226 e. The molecule has 0 spiro atoms. The summed E-state index contributed by atoms with van der Waals surface area (Å²) in [6.07, 6.45) is 0.126. The van der Waals surface area contributed by atoms with E-state index in [1.54, 1.807) is 16.8 Å². The molecule has 0 saturated heterocycles. The van der Waals surface area contributed by atoms with Crippen molar-refractivity contribution in [3.05, 3.63) is 74.9 Å². The number of aryl methyl sites for hydroxylation is 3. The number of benzene rings is 2. The maximum atomic E-state index is 13.2. The number of carbonyl (C=O) groups is 2. The van der Waals surface area contributed by atoms with Crippen molar-refractivity contribution in [3.63, 3.8) is 0 Å². The molecule has 1 amide bonds. The summed E-state index contributed by atoms with van der Waals surface area (Å²) in [4.78, 5) is 25.6. The van der Waals surface area contributed by atoms with Crippen LogP contribution in [-0.4, -0.2) is 21.5 Å². The van der Waals surface area contributed by atoms with Crippen LogP contribution in [-0.2, 0) is 4.79 Å². The van der Waals surface area contributed by atoms with Gasteiger partial charge in [0.05, 0.1) is 17.3 Å². The van der Waals surface area contributed by atoms with Gasteiger partial charge in [-0.05, 0) is 56.2 Å². The van der Waals surface area contributed by atoms with Gasteiger partial charge in [-0.3, -0.25) is 9.59 Å². The quantitative estimate of drug-likeness (QED) is 0.594. The van der Waals surface area contributed by atoms with Gasteiger partial charge in [-0.15, -0.1) is 0 Å². The summed E-state index contributed by atoms with van der Waals surface area (Å²) in [6.45, 7) is 5.98. The van der Waals surface area contributed by atoms with Gasteiger partial charge in [0, 0.05) is 22.0 Å². The van der Waals surface area contributed by atoms with Crippen LogP contribution in [0, 0.1) is 20.8 Å². The Bertz CT molecular complexity index is 1100. The maximum absolute atomic E-state index is 13.2. The van der Waals surface area contributed by atoms with Crippen LogP contribution in [0.5, 0.6) is 0 Å². The molecule has 0 radical (unpaired) electrons. The first-order chi connectivity index (χ1) is 13.3. The standard InChI is InChI=1S/C22H20BrN3O2/c1-12-4-9-17(10-13(12)2)26-22-20(14(3)25-26)18(11-19(27)24-22)21(28)15-5-7-16(23)8-6-15/h4-10,18H,11H2,1-3H3,(H,24,27)/t18-/m0/s1. The molecule has 4 rings (SSSR count). The van der Waals surface area contributed by atoms with Gasteiger partial charge in [-0.25, -0.2) is 4.68 Å². The molecule has 1 aromatic heterocycles. The van der Waals surface area contributed by atoms with Gasteiger partial charge in [0.2, 0.25) is 5.91 Å². The van der Waals surface area contributed by atoms with Crippen LogP contribution in [0.4, 0.5) is 5.82 Å². The lowest BCUT2D eigenvalue weighted by molar-refractivity contribution is -0.116. The van der Waals surface area contributed by atoms with E-state index in [9.17, 15) is 9.59 Å². The van der Waals surface area contributed by atoms with E-state index in [4.69, 9.17) is 0 Å². The van der Waals surface area contributed by atoms with Gasteiger partial charge in [-0.1, -0.05) is 34.1 Å². The summed E-state index contributed by atoms with van der Waals surface area (Å²) < 4.78 is 2.64. The Hall–Kier alpha value is -2.73. The number of nitrogens with one attached hydrogen (secondary N) is 1. The van der Waals surface area contributed by atoms with Crippen molar-refractivity contribution >= 4 is 33.4 Å². The first kappa shape index (κ1) is 18.6. The fourth-order valence-electron chi connectivity index (χ4n) is 3.63. The van der Waals surface area contributed by atoms with Gasteiger partial charge < -0.3 is 5.32 Å². The van der Waals surface area contributed by atoms with Crippen molar-refractivity contribution in [2.24, 2.45) is 0 Å². The first-order valence-electron chi connectivity index (χ1n) is 9.12. The third-order valence-electron chi connectivity index (χ3n) is 5.28. The summed E-state index contributed by atoms with van der Waals surface area (Å²) in [5.74, 6) is -0.183. The van der Waals surface area contributed by atoms with Crippen LogP contribution < -0.4 is 5.32 Å². The van der Waals surface area contributed by atoms with Crippen molar-refractivity contribution in [2.45, 2.75) is 33.1 Å². The number of rotatable bonds is 3. The van der Waals surface area contributed by atoms with Crippen molar-refractivity contribution < 1.29 is 9.59 Å². The molecule has 1 aliphatic rings. The predicted octanol–water partition coefficient (Wildman–Crippen LogP) is 4.87. The van der Waals surface area contributed by atoms with Crippen molar-refractivity contribution in [2.75, 3.05) is 5.32 Å². The highest BCUT2D eigenvalue weighted by atomic mass is 79.9. The number of fused-ring (bicyclic) bond motifs is 1. The lowest BCUT2D eigenvalue weighted by Gasteiger charge is -2.23. The molecular formula is C22H20BrN3O2. The minimum atomic E-state index is -0.537. The SMILES string of the molecule is Cc1ccc(-n2nc(C)c3c2NC(=O)C[C@@H]3C(=O)c2ccc(Br)cc2)cc1C. The molecule has 5 nitrogen and oxygen atoms in total. The zero-order chi connectivity index (χ0) is 20.0. The zero-order valence-corrected chi connectivity index (χ0v) is 17.5. The Labute approximate surface area is 171 Å². The molecule has 28 heavy (non-hydrogen) atoms. The van der Waals surface area contributed by atoms with Crippen LogP contribution in [0.25, 0.3) is 5.69 Å². The van der Waals surface area contributed by atoms with Crippen molar-refractivity contribution in [3.8, 4) is 5.69 Å². The molecule has 1 N–H and O–H groups in total. The van der Waals surface area contributed by atoms with Crippen LogP contribution in [0.15, 0.2) is 46.9 Å². The molecule has 2 aromatic carbocycles. The molecule has 0 unspecified atom stereocenters. The van der Waals surface area contributed by atoms with Crippen LogP contribution in [0.1, 0.15) is 45.1 Å². The Morgan fingerprint density at radius 1 is 1.11 bits per heavy atom. The summed E-state index contributed by atoms with van der Waals surface area (Å²) in [5.41, 5.74) is 5.34. The van der Waals surface area contributed by atoms with E-state index in [0.717, 1.165) is 27.0 Å². The Morgan fingerprint density at radius 2 is 1.82 bits per heavy atom. The Morgan fingerprint density at radius 3 is 2.50 bits per heavy atom. The van der Waals surface area contributed by atoms with Crippen LogP contribution in [0.2, 0.25) is 0 Å². The van der Waals surface area contributed by atoms with E-state index in [1.807, 2.05) is 44.2 Å². The highest BCUT2D eigenvalue weighted by Crippen LogP contribution is 2.38. The van der Waals surface area contributed by atoms with Crippen molar-refractivity contribution in [1.82, 2.24) is 9.78 Å². The van der Waals surface area contributed by atoms with Crippen LogP contribution in [0.3, 0.4) is 0 Å². The summed E-state index contributed by atoms with van der Waals surface area (Å²) in [7, 11) is 0. The fraction of sp³-hybridized carbons (Fsp3) is 0.227. The normalized spacial score (nSPS) is 15.9.